The van der Waals surface area contributed by atoms with Gasteiger partial charge in [-0.05, 0) is 55.1 Å². The Morgan fingerprint density at radius 3 is 2.21 bits per heavy atom. The fourth-order valence-electron chi connectivity index (χ4n) is 4.55. The molecule has 0 amide bonds. The minimum absolute atomic E-state index is 0. The third-order valence-corrected chi connectivity index (χ3v) is 6.06. The molecule has 4 heteroatoms. The van der Waals surface area contributed by atoms with Gasteiger partial charge in [0, 0.05) is 18.9 Å². The summed E-state index contributed by atoms with van der Waals surface area (Å²) in [5.41, 5.74) is 3.18. The zero-order valence-corrected chi connectivity index (χ0v) is 17.4. The van der Waals surface area contributed by atoms with Gasteiger partial charge in [0.05, 0.1) is 5.92 Å². The first-order chi connectivity index (χ1) is 13.7. The molecular weight excluding hydrogens is 382 g/mol. The fraction of sp³-hybridized carbons (Fsp3) is 0.360. The molecule has 2 aliphatic rings. The van der Waals surface area contributed by atoms with Gasteiger partial charge in [-0.2, -0.15) is 0 Å². The molecule has 0 saturated carbocycles. The second-order valence-electron chi connectivity index (χ2n) is 7.90. The highest BCUT2D eigenvalue weighted by Crippen LogP contribution is 2.40. The van der Waals surface area contributed by atoms with Crippen LogP contribution in [0, 0.1) is 5.92 Å². The Bertz CT molecular complexity index is 857. The molecule has 152 valence electrons. The van der Waals surface area contributed by atoms with E-state index >= 15 is 0 Å². The Labute approximate surface area is 179 Å². The zero-order chi connectivity index (χ0) is 19.3. The van der Waals surface area contributed by atoms with Gasteiger partial charge in [-0.3, -0.25) is 9.59 Å². The molecule has 1 aliphatic carbocycles. The van der Waals surface area contributed by atoms with Crippen molar-refractivity contribution in [2.24, 2.45) is 5.92 Å². The van der Waals surface area contributed by atoms with E-state index in [2.05, 4.69) is 4.90 Å². The summed E-state index contributed by atoms with van der Waals surface area (Å²) < 4.78 is 0. The normalized spacial score (nSPS) is 22.1. The third kappa shape index (κ3) is 5.04. The first-order valence-corrected chi connectivity index (χ1v) is 10.3. The smallest absolute Gasteiger partial charge is 0.167 e. The molecule has 0 bridgehead atoms. The predicted octanol–water partition coefficient (Wildman–Crippen LogP) is 4.92. The molecule has 2 atom stereocenters. The number of hydrogen-bond donors (Lipinski definition) is 0. The summed E-state index contributed by atoms with van der Waals surface area (Å²) in [5.74, 6) is -0.586. The summed E-state index contributed by atoms with van der Waals surface area (Å²) in [6.07, 6.45) is 5.33. The summed E-state index contributed by atoms with van der Waals surface area (Å²) in [5, 5.41) is 0. The number of ketones is 2. The van der Waals surface area contributed by atoms with Crippen LogP contribution in [0.5, 0.6) is 0 Å². The van der Waals surface area contributed by atoms with Gasteiger partial charge in [-0.15, -0.1) is 12.4 Å². The van der Waals surface area contributed by atoms with Crippen molar-refractivity contribution in [3.05, 3.63) is 77.9 Å². The van der Waals surface area contributed by atoms with Crippen LogP contribution in [0.15, 0.2) is 66.7 Å². The number of benzene rings is 2. The maximum absolute atomic E-state index is 13.1. The van der Waals surface area contributed by atoms with Crippen LogP contribution in [0.2, 0.25) is 0 Å². The van der Waals surface area contributed by atoms with Crippen LogP contribution in [-0.2, 0) is 9.59 Å². The Balaban J connectivity index is 0.00000240. The molecule has 0 aromatic heterocycles. The van der Waals surface area contributed by atoms with E-state index in [0.717, 1.165) is 42.8 Å². The molecule has 29 heavy (non-hydrogen) atoms. The fourth-order valence-corrected chi connectivity index (χ4v) is 4.55. The monoisotopic (exact) mass is 409 g/mol. The van der Waals surface area contributed by atoms with Crippen LogP contribution in [0.4, 0.5) is 0 Å². The standard InChI is InChI=1S/C25H27NO2.ClH/c27-23(13-16-26-14-7-8-15-26)25-22(20-11-5-2-6-12-20)17-21(18-24(25)28)19-9-3-1-4-10-19;/h1-6,9-12,18,22,25H,7-8,13-17H2;1H. The molecule has 4 rings (SSSR count). The van der Waals surface area contributed by atoms with Crippen molar-refractivity contribution < 1.29 is 9.59 Å². The molecule has 0 N–H and O–H groups in total. The van der Waals surface area contributed by atoms with Gasteiger partial charge >= 0.3 is 0 Å². The lowest BCUT2D eigenvalue weighted by atomic mass is 9.71. The van der Waals surface area contributed by atoms with Gasteiger partial charge in [0.25, 0.3) is 0 Å². The zero-order valence-electron chi connectivity index (χ0n) is 16.6. The number of carbonyl (C=O) groups is 2. The van der Waals surface area contributed by atoms with Crippen LogP contribution < -0.4 is 0 Å². The van der Waals surface area contributed by atoms with Crippen molar-refractivity contribution >= 4 is 29.5 Å². The number of Topliss-reactive ketones (excluding diaryl/α,β-unsaturated/α-hetero) is 1. The Kier molecular flexibility index (Phi) is 7.40. The molecule has 1 aliphatic heterocycles. The topological polar surface area (TPSA) is 37.4 Å². The van der Waals surface area contributed by atoms with E-state index in [1.54, 1.807) is 6.08 Å². The number of carbonyl (C=O) groups excluding carboxylic acids is 2. The lowest BCUT2D eigenvalue weighted by molar-refractivity contribution is -0.131. The van der Waals surface area contributed by atoms with Crippen LogP contribution in [0.25, 0.3) is 5.57 Å². The van der Waals surface area contributed by atoms with E-state index in [1.807, 2.05) is 60.7 Å². The molecule has 1 heterocycles. The number of allylic oxidation sites excluding steroid dienone is 2. The van der Waals surface area contributed by atoms with Crippen molar-refractivity contribution in [3.8, 4) is 0 Å². The van der Waals surface area contributed by atoms with Crippen molar-refractivity contribution in [2.75, 3.05) is 19.6 Å². The van der Waals surface area contributed by atoms with E-state index in [4.69, 9.17) is 0 Å². The number of nitrogens with zero attached hydrogens (tertiary/aromatic N) is 1. The van der Waals surface area contributed by atoms with Crippen molar-refractivity contribution in [3.63, 3.8) is 0 Å². The molecule has 0 spiro atoms. The van der Waals surface area contributed by atoms with Gasteiger partial charge in [-0.25, -0.2) is 0 Å². The average Bonchev–Trinajstić information content (AvgIpc) is 3.26. The van der Waals surface area contributed by atoms with Gasteiger partial charge in [0.2, 0.25) is 0 Å². The number of likely N-dealkylation sites (tertiary alicyclic amines) is 1. The van der Waals surface area contributed by atoms with E-state index in [9.17, 15) is 9.59 Å². The molecule has 2 aromatic rings. The maximum atomic E-state index is 13.1. The number of rotatable bonds is 6. The largest absolute Gasteiger partial charge is 0.303 e. The lowest BCUT2D eigenvalue weighted by Gasteiger charge is -2.30. The van der Waals surface area contributed by atoms with E-state index < -0.39 is 5.92 Å². The summed E-state index contributed by atoms with van der Waals surface area (Å²) in [6.45, 7) is 2.93. The highest BCUT2D eigenvalue weighted by molar-refractivity contribution is 6.12. The third-order valence-electron chi connectivity index (χ3n) is 6.06. The van der Waals surface area contributed by atoms with E-state index in [1.165, 1.54) is 12.8 Å². The van der Waals surface area contributed by atoms with Crippen molar-refractivity contribution in [2.45, 2.75) is 31.6 Å². The summed E-state index contributed by atoms with van der Waals surface area (Å²) in [7, 11) is 0. The quantitative estimate of drug-likeness (QED) is 0.635. The molecule has 2 aromatic carbocycles. The number of hydrogen-bond acceptors (Lipinski definition) is 3. The summed E-state index contributed by atoms with van der Waals surface area (Å²) in [6, 6.07) is 20.1. The second kappa shape index (κ2) is 10.00. The Morgan fingerprint density at radius 1 is 0.931 bits per heavy atom. The summed E-state index contributed by atoms with van der Waals surface area (Å²) in [4.78, 5) is 28.5. The second-order valence-corrected chi connectivity index (χ2v) is 7.90. The minimum Gasteiger partial charge on any atom is -0.303 e. The summed E-state index contributed by atoms with van der Waals surface area (Å²) >= 11 is 0. The van der Waals surface area contributed by atoms with Crippen LogP contribution >= 0.6 is 12.4 Å². The highest BCUT2D eigenvalue weighted by Gasteiger charge is 2.38. The lowest BCUT2D eigenvalue weighted by Crippen LogP contribution is -2.34. The minimum atomic E-state index is -0.558. The number of halogens is 1. The molecule has 1 fully saturated rings. The van der Waals surface area contributed by atoms with Crippen molar-refractivity contribution in [1.82, 2.24) is 4.90 Å². The molecule has 1 saturated heterocycles. The van der Waals surface area contributed by atoms with Crippen LogP contribution in [0.1, 0.15) is 42.7 Å². The van der Waals surface area contributed by atoms with Gasteiger partial charge < -0.3 is 4.90 Å². The molecular formula is C25H28ClNO2. The first kappa shape index (κ1) is 21.5. The van der Waals surface area contributed by atoms with Crippen molar-refractivity contribution in [1.29, 1.82) is 0 Å². The Hall–Kier alpha value is -2.23. The van der Waals surface area contributed by atoms with Crippen LogP contribution in [-0.4, -0.2) is 36.1 Å². The SMILES string of the molecule is Cl.O=C1C=C(c2ccccc2)CC(c2ccccc2)C1C(=O)CCN1CCCC1. The van der Waals surface area contributed by atoms with E-state index in [-0.39, 0.29) is 29.9 Å². The predicted molar refractivity (Wildman–Crippen MR) is 119 cm³/mol. The first-order valence-electron chi connectivity index (χ1n) is 10.3. The Morgan fingerprint density at radius 2 is 1.55 bits per heavy atom. The van der Waals surface area contributed by atoms with Gasteiger partial charge in [-0.1, -0.05) is 60.7 Å². The molecule has 3 nitrogen and oxygen atoms in total. The molecule has 2 unspecified atom stereocenters. The average molecular weight is 410 g/mol. The van der Waals surface area contributed by atoms with Gasteiger partial charge in [0.1, 0.15) is 5.78 Å². The highest BCUT2D eigenvalue weighted by atomic mass is 35.5. The molecule has 0 radical (unpaired) electrons. The maximum Gasteiger partial charge on any atom is 0.167 e. The van der Waals surface area contributed by atoms with E-state index in [0.29, 0.717) is 6.42 Å². The van der Waals surface area contributed by atoms with Gasteiger partial charge in [0.15, 0.2) is 5.78 Å². The van der Waals surface area contributed by atoms with Crippen LogP contribution in [0.3, 0.4) is 0 Å².